The van der Waals surface area contributed by atoms with Crippen molar-refractivity contribution in [2.24, 2.45) is 5.92 Å². The van der Waals surface area contributed by atoms with E-state index in [-0.39, 0.29) is 0 Å². The average molecular weight is 189 g/mol. The summed E-state index contributed by atoms with van der Waals surface area (Å²) in [5.41, 5.74) is 2.87. The van der Waals surface area contributed by atoms with Crippen molar-refractivity contribution in [3.63, 3.8) is 0 Å². The molecule has 14 heavy (non-hydrogen) atoms. The minimum Gasteiger partial charge on any atom is -0.316 e. The van der Waals surface area contributed by atoms with Crippen LogP contribution < -0.4 is 5.32 Å². The molecule has 1 aromatic rings. The van der Waals surface area contributed by atoms with Gasteiger partial charge in [-0.2, -0.15) is 0 Å². The molecule has 2 rings (SSSR count). The summed E-state index contributed by atoms with van der Waals surface area (Å²) < 4.78 is 0. The second-order valence-electron chi connectivity index (χ2n) is 4.49. The molecule has 1 heterocycles. The first-order valence-corrected chi connectivity index (χ1v) is 5.54. The molecule has 2 unspecified atom stereocenters. The largest absolute Gasteiger partial charge is 0.316 e. The first-order valence-electron chi connectivity index (χ1n) is 5.54. The monoisotopic (exact) mass is 189 g/mol. The van der Waals surface area contributed by atoms with E-state index in [0.717, 1.165) is 11.8 Å². The summed E-state index contributed by atoms with van der Waals surface area (Å²) in [6.07, 6.45) is 1.28. The van der Waals surface area contributed by atoms with Crippen molar-refractivity contribution in [3.05, 3.63) is 35.4 Å². The molecular weight excluding hydrogens is 170 g/mol. The Morgan fingerprint density at radius 2 is 1.93 bits per heavy atom. The lowest BCUT2D eigenvalue weighted by molar-refractivity contribution is 0.349. The molecule has 0 spiro atoms. The highest BCUT2D eigenvalue weighted by Gasteiger charge is 2.21. The van der Waals surface area contributed by atoms with E-state index in [0.29, 0.717) is 0 Å². The molecule has 1 saturated heterocycles. The summed E-state index contributed by atoms with van der Waals surface area (Å²) in [5, 5.41) is 3.45. The van der Waals surface area contributed by atoms with Crippen LogP contribution in [0, 0.1) is 12.8 Å². The van der Waals surface area contributed by atoms with Gasteiger partial charge >= 0.3 is 0 Å². The van der Waals surface area contributed by atoms with E-state index in [1.807, 2.05) is 0 Å². The zero-order valence-corrected chi connectivity index (χ0v) is 9.09. The van der Waals surface area contributed by atoms with Gasteiger partial charge < -0.3 is 5.32 Å². The second kappa shape index (κ2) is 4.14. The summed E-state index contributed by atoms with van der Waals surface area (Å²) in [4.78, 5) is 0. The molecule has 0 saturated carbocycles. The van der Waals surface area contributed by atoms with Crippen LogP contribution in [0.4, 0.5) is 0 Å². The Hall–Kier alpha value is -0.820. The van der Waals surface area contributed by atoms with Gasteiger partial charge in [0.1, 0.15) is 0 Å². The molecule has 1 N–H and O–H groups in total. The van der Waals surface area contributed by atoms with Gasteiger partial charge in [-0.05, 0) is 43.8 Å². The van der Waals surface area contributed by atoms with Crippen molar-refractivity contribution < 1.29 is 0 Å². The fourth-order valence-electron chi connectivity index (χ4n) is 2.32. The maximum absolute atomic E-state index is 3.45. The van der Waals surface area contributed by atoms with Gasteiger partial charge in [-0.3, -0.25) is 0 Å². The maximum atomic E-state index is 3.45. The lowest BCUT2D eigenvalue weighted by Crippen LogP contribution is -2.33. The van der Waals surface area contributed by atoms with Gasteiger partial charge in [0.15, 0.2) is 0 Å². The molecule has 1 fully saturated rings. The number of nitrogens with one attached hydrogen (secondary N) is 1. The highest BCUT2D eigenvalue weighted by Crippen LogP contribution is 2.29. The van der Waals surface area contributed by atoms with Crippen LogP contribution in [0.5, 0.6) is 0 Å². The highest BCUT2D eigenvalue weighted by molar-refractivity contribution is 5.25. The maximum Gasteiger partial charge on any atom is -0.00173 e. The van der Waals surface area contributed by atoms with Crippen LogP contribution in [0.15, 0.2) is 24.3 Å². The number of rotatable bonds is 1. The summed E-state index contributed by atoms with van der Waals surface area (Å²) in [6.45, 7) is 6.83. The van der Waals surface area contributed by atoms with E-state index in [9.17, 15) is 0 Å². The van der Waals surface area contributed by atoms with Crippen molar-refractivity contribution in [1.82, 2.24) is 5.32 Å². The molecule has 1 heteroatoms. The minimum absolute atomic E-state index is 0.761. The lowest BCUT2D eigenvalue weighted by Gasteiger charge is -2.29. The molecule has 76 valence electrons. The van der Waals surface area contributed by atoms with Crippen LogP contribution in [0.1, 0.15) is 30.4 Å². The Morgan fingerprint density at radius 3 is 2.57 bits per heavy atom. The standard InChI is InChI=1S/C13H19N/c1-10-3-5-12(6-4-10)13-7-8-14-9-11(13)2/h3-6,11,13-14H,7-9H2,1-2H3. The van der Waals surface area contributed by atoms with E-state index in [1.165, 1.54) is 30.6 Å². The zero-order chi connectivity index (χ0) is 9.97. The quantitative estimate of drug-likeness (QED) is 0.716. The third-order valence-electron chi connectivity index (χ3n) is 3.29. The number of benzene rings is 1. The lowest BCUT2D eigenvalue weighted by atomic mass is 9.82. The number of hydrogen-bond acceptors (Lipinski definition) is 1. The van der Waals surface area contributed by atoms with E-state index in [1.54, 1.807) is 0 Å². The van der Waals surface area contributed by atoms with Crippen LogP contribution in [-0.4, -0.2) is 13.1 Å². The normalized spacial score (nSPS) is 27.6. The molecule has 2 atom stereocenters. The molecule has 1 aliphatic heterocycles. The third kappa shape index (κ3) is 1.98. The molecule has 0 aromatic heterocycles. The van der Waals surface area contributed by atoms with Gasteiger partial charge in [0, 0.05) is 0 Å². The summed E-state index contributed by atoms with van der Waals surface area (Å²) in [5.74, 6) is 1.53. The Kier molecular flexibility index (Phi) is 2.87. The van der Waals surface area contributed by atoms with Crippen molar-refractivity contribution in [1.29, 1.82) is 0 Å². The highest BCUT2D eigenvalue weighted by atomic mass is 14.9. The van der Waals surface area contributed by atoms with E-state index < -0.39 is 0 Å². The number of piperidine rings is 1. The molecule has 0 bridgehead atoms. The van der Waals surface area contributed by atoms with Gasteiger partial charge in [0.05, 0.1) is 0 Å². The number of hydrogen-bond donors (Lipinski definition) is 1. The molecule has 0 amide bonds. The Bertz CT molecular complexity index is 289. The Balaban J connectivity index is 2.16. The summed E-state index contributed by atoms with van der Waals surface area (Å²) in [7, 11) is 0. The van der Waals surface area contributed by atoms with Crippen molar-refractivity contribution in [3.8, 4) is 0 Å². The molecule has 1 aromatic carbocycles. The first kappa shape index (κ1) is 9.72. The first-order chi connectivity index (χ1) is 6.77. The smallest absolute Gasteiger partial charge is 0.00173 e. The van der Waals surface area contributed by atoms with Crippen LogP contribution >= 0.6 is 0 Å². The molecule has 1 aliphatic rings. The van der Waals surface area contributed by atoms with Gasteiger partial charge in [-0.25, -0.2) is 0 Å². The van der Waals surface area contributed by atoms with Gasteiger partial charge in [-0.15, -0.1) is 0 Å². The van der Waals surface area contributed by atoms with Crippen LogP contribution in [0.2, 0.25) is 0 Å². The third-order valence-corrected chi connectivity index (χ3v) is 3.29. The predicted octanol–water partition coefficient (Wildman–Crippen LogP) is 2.71. The SMILES string of the molecule is Cc1ccc(C2CCNCC2C)cc1. The van der Waals surface area contributed by atoms with Gasteiger partial charge in [0.25, 0.3) is 0 Å². The number of aryl methyl sites for hydroxylation is 1. The molecule has 1 nitrogen and oxygen atoms in total. The minimum atomic E-state index is 0.761. The van der Waals surface area contributed by atoms with Gasteiger partial charge in [-0.1, -0.05) is 36.8 Å². The van der Waals surface area contributed by atoms with Crippen molar-refractivity contribution in [2.75, 3.05) is 13.1 Å². The van der Waals surface area contributed by atoms with E-state index in [2.05, 4.69) is 43.4 Å². The molecular formula is C13H19N. The van der Waals surface area contributed by atoms with Gasteiger partial charge in [0.2, 0.25) is 0 Å². The van der Waals surface area contributed by atoms with Crippen LogP contribution in [0.25, 0.3) is 0 Å². The summed E-state index contributed by atoms with van der Waals surface area (Å²) in [6, 6.07) is 9.04. The predicted molar refractivity (Wildman–Crippen MR) is 60.6 cm³/mol. The molecule has 0 aliphatic carbocycles. The van der Waals surface area contributed by atoms with Crippen LogP contribution in [0.3, 0.4) is 0 Å². The topological polar surface area (TPSA) is 12.0 Å². The van der Waals surface area contributed by atoms with E-state index >= 15 is 0 Å². The zero-order valence-electron chi connectivity index (χ0n) is 9.09. The second-order valence-corrected chi connectivity index (χ2v) is 4.49. The average Bonchev–Trinajstić information content (AvgIpc) is 2.20. The van der Waals surface area contributed by atoms with Crippen molar-refractivity contribution >= 4 is 0 Å². The Morgan fingerprint density at radius 1 is 1.21 bits per heavy atom. The van der Waals surface area contributed by atoms with Crippen molar-refractivity contribution in [2.45, 2.75) is 26.2 Å². The summed E-state index contributed by atoms with van der Waals surface area (Å²) >= 11 is 0. The van der Waals surface area contributed by atoms with E-state index in [4.69, 9.17) is 0 Å². The molecule has 0 radical (unpaired) electrons. The van der Waals surface area contributed by atoms with Crippen LogP contribution in [-0.2, 0) is 0 Å². The fraction of sp³-hybridized carbons (Fsp3) is 0.538. The fourth-order valence-corrected chi connectivity index (χ4v) is 2.32. The Labute approximate surface area is 86.5 Å².